The van der Waals surface area contributed by atoms with Crippen molar-refractivity contribution < 1.29 is 32.7 Å². The molecule has 11 heteroatoms. The second kappa shape index (κ2) is 8.52. The predicted octanol–water partition coefficient (Wildman–Crippen LogP) is 4.85. The van der Waals surface area contributed by atoms with Crippen LogP contribution < -0.4 is 5.32 Å². The van der Waals surface area contributed by atoms with Crippen molar-refractivity contribution in [1.82, 2.24) is 4.90 Å². The molecular weight excluding hydrogens is 489 g/mol. The summed E-state index contributed by atoms with van der Waals surface area (Å²) in [7, 11) is 0. The molecule has 0 radical (unpaired) electrons. The molecule has 0 aromatic heterocycles. The summed E-state index contributed by atoms with van der Waals surface area (Å²) in [5.74, 6) is -1.87. The first-order valence-corrected chi connectivity index (χ1v) is 9.87. The van der Waals surface area contributed by atoms with Crippen LogP contribution in [-0.4, -0.2) is 33.6 Å². The highest BCUT2D eigenvalue weighted by molar-refractivity contribution is 9.10. The highest BCUT2D eigenvalue weighted by Gasteiger charge is 2.37. The lowest BCUT2D eigenvalue weighted by molar-refractivity contribution is -0.137. The van der Waals surface area contributed by atoms with Gasteiger partial charge in [-0.1, -0.05) is 28.1 Å². The second-order valence-electron chi connectivity index (χ2n) is 6.06. The molecule has 1 heterocycles. The summed E-state index contributed by atoms with van der Waals surface area (Å²) in [6.45, 7) is -0.751. The number of carbonyl (C=O) groups excluding carboxylic acids is 3. The van der Waals surface area contributed by atoms with Gasteiger partial charge in [0.2, 0.25) is 5.91 Å². The number of nitrogens with zero attached hydrogens (tertiary/aromatic N) is 1. The van der Waals surface area contributed by atoms with Gasteiger partial charge in [-0.15, -0.1) is 0 Å². The molecule has 0 bridgehead atoms. The summed E-state index contributed by atoms with van der Waals surface area (Å²) >= 11 is 3.79. The van der Waals surface area contributed by atoms with Gasteiger partial charge < -0.3 is 10.4 Å². The number of thioether (sulfide) groups is 1. The van der Waals surface area contributed by atoms with Crippen LogP contribution in [0.5, 0.6) is 5.75 Å². The number of hydrogen-bond donors (Lipinski definition) is 2. The van der Waals surface area contributed by atoms with E-state index in [4.69, 9.17) is 0 Å². The van der Waals surface area contributed by atoms with Crippen LogP contribution in [0, 0.1) is 0 Å². The van der Waals surface area contributed by atoms with Gasteiger partial charge in [0.15, 0.2) is 0 Å². The molecule has 2 aromatic carbocycles. The van der Waals surface area contributed by atoms with Crippen LogP contribution >= 0.6 is 27.7 Å². The summed E-state index contributed by atoms with van der Waals surface area (Å²) in [5.41, 5.74) is -1.24. The van der Waals surface area contributed by atoms with E-state index in [0.29, 0.717) is 21.1 Å². The third-order valence-electron chi connectivity index (χ3n) is 3.96. The largest absolute Gasteiger partial charge is 0.507 e. The molecule has 1 aliphatic heterocycles. The predicted molar refractivity (Wildman–Crippen MR) is 109 cm³/mol. The zero-order valence-electron chi connectivity index (χ0n) is 14.9. The fourth-order valence-electron chi connectivity index (χ4n) is 2.59. The SMILES string of the molecule is O=C(CN1C(=O)S/C(=C\c2cc(Br)ccc2O)C1=O)Nc1ccccc1C(F)(F)F. The molecule has 3 amide bonds. The molecule has 0 unspecified atom stereocenters. The molecule has 2 aromatic rings. The number of para-hydroxylation sites is 1. The zero-order chi connectivity index (χ0) is 22.1. The minimum absolute atomic E-state index is 0.0307. The Morgan fingerprint density at radius 3 is 2.60 bits per heavy atom. The van der Waals surface area contributed by atoms with Crippen LogP contribution in [0.2, 0.25) is 0 Å². The van der Waals surface area contributed by atoms with Gasteiger partial charge in [0.1, 0.15) is 12.3 Å². The number of imide groups is 1. The lowest BCUT2D eigenvalue weighted by Crippen LogP contribution is -2.36. The number of halogens is 4. The van der Waals surface area contributed by atoms with Crippen molar-refractivity contribution >= 4 is 56.5 Å². The summed E-state index contributed by atoms with van der Waals surface area (Å²) in [6, 6.07) is 8.89. The molecule has 2 N–H and O–H groups in total. The summed E-state index contributed by atoms with van der Waals surface area (Å²) in [5, 5.41) is 11.2. The Morgan fingerprint density at radius 1 is 1.20 bits per heavy atom. The van der Waals surface area contributed by atoms with Crippen molar-refractivity contribution in [3.8, 4) is 5.75 Å². The van der Waals surface area contributed by atoms with Crippen molar-refractivity contribution in [3.63, 3.8) is 0 Å². The van der Waals surface area contributed by atoms with E-state index in [2.05, 4.69) is 21.2 Å². The van der Waals surface area contributed by atoms with E-state index in [-0.39, 0.29) is 16.2 Å². The highest BCUT2D eigenvalue weighted by atomic mass is 79.9. The molecule has 3 rings (SSSR count). The Kier molecular flexibility index (Phi) is 6.22. The van der Waals surface area contributed by atoms with E-state index in [9.17, 15) is 32.7 Å². The smallest absolute Gasteiger partial charge is 0.418 e. The van der Waals surface area contributed by atoms with Crippen molar-refractivity contribution in [2.75, 3.05) is 11.9 Å². The molecule has 1 saturated heterocycles. The maximum Gasteiger partial charge on any atom is 0.418 e. The fraction of sp³-hybridized carbons (Fsp3) is 0.105. The minimum Gasteiger partial charge on any atom is -0.507 e. The van der Waals surface area contributed by atoms with Crippen molar-refractivity contribution in [2.24, 2.45) is 0 Å². The lowest BCUT2D eigenvalue weighted by Gasteiger charge is -2.15. The third kappa shape index (κ3) is 4.85. The van der Waals surface area contributed by atoms with Crippen LogP contribution in [0.4, 0.5) is 23.7 Å². The van der Waals surface area contributed by atoms with Gasteiger partial charge in [-0.3, -0.25) is 19.3 Å². The van der Waals surface area contributed by atoms with Crippen molar-refractivity contribution in [3.05, 3.63) is 63.0 Å². The summed E-state index contributed by atoms with van der Waals surface area (Å²) in [6.07, 6.45) is -3.39. The number of rotatable bonds is 4. The number of aromatic hydroxyl groups is 1. The van der Waals surface area contributed by atoms with Crippen LogP contribution in [0.25, 0.3) is 6.08 Å². The van der Waals surface area contributed by atoms with E-state index >= 15 is 0 Å². The Morgan fingerprint density at radius 2 is 1.90 bits per heavy atom. The van der Waals surface area contributed by atoms with Gasteiger partial charge >= 0.3 is 6.18 Å². The maximum atomic E-state index is 13.0. The van der Waals surface area contributed by atoms with Gasteiger partial charge in [0, 0.05) is 10.0 Å². The number of anilines is 1. The number of phenols is 1. The molecule has 30 heavy (non-hydrogen) atoms. The highest BCUT2D eigenvalue weighted by Crippen LogP contribution is 2.36. The fourth-order valence-corrected chi connectivity index (χ4v) is 3.80. The Labute approximate surface area is 180 Å². The van der Waals surface area contributed by atoms with E-state index in [1.165, 1.54) is 30.3 Å². The first kappa shape index (κ1) is 21.9. The minimum atomic E-state index is -4.68. The Hall–Kier alpha value is -2.79. The van der Waals surface area contributed by atoms with Gasteiger partial charge in [0.05, 0.1) is 16.2 Å². The van der Waals surface area contributed by atoms with E-state index < -0.39 is 41.0 Å². The first-order chi connectivity index (χ1) is 14.1. The zero-order valence-corrected chi connectivity index (χ0v) is 17.3. The second-order valence-corrected chi connectivity index (χ2v) is 7.97. The maximum absolute atomic E-state index is 13.0. The molecule has 1 fully saturated rings. The number of nitrogens with one attached hydrogen (secondary N) is 1. The molecule has 6 nitrogen and oxygen atoms in total. The first-order valence-electron chi connectivity index (χ1n) is 8.26. The molecule has 0 spiro atoms. The average Bonchev–Trinajstić information content (AvgIpc) is 2.91. The Bertz CT molecular complexity index is 1070. The molecular formula is C19H12BrF3N2O4S. The Balaban J connectivity index is 1.76. The molecule has 0 aliphatic carbocycles. The molecule has 0 saturated carbocycles. The van der Waals surface area contributed by atoms with Gasteiger partial charge in [-0.2, -0.15) is 13.2 Å². The average molecular weight is 501 g/mol. The normalized spacial score (nSPS) is 15.7. The van der Waals surface area contributed by atoms with Gasteiger partial charge in [0.25, 0.3) is 11.1 Å². The standard InChI is InChI=1S/C19H12BrF3N2O4S/c20-11-5-6-14(26)10(7-11)8-15-17(28)25(18(29)30-15)9-16(27)24-13-4-2-1-3-12(13)19(21,22)23/h1-8,26H,9H2,(H,24,27)/b15-8-. The number of phenolic OH excluding ortho intramolecular Hbond substituents is 1. The number of alkyl halides is 3. The van der Waals surface area contributed by atoms with Crippen LogP contribution in [0.3, 0.4) is 0 Å². The number of carbonyl (C=O) groups is 3. The topological polar surface area (TPSA) is 86.7 Å². The molecule has 1 aliphatic rings. The van der Waals surface area contributed by atoms with Crippen molar-refractivity contribution in [1.29, 1.82) is 0 Å². The van der Waals surface area contributed by atoms with Gasteiger partial charge in [-0.05, 0) is 48.2 Å². The van der Waals surface area contributed by atoms with Crippen LogP contribution in [-0.2, 0) is 15.8 Å². The van der Waals surface area contributed by atoms with Crippen LogP contribution in [0.1, 0.15) is 11.1 Å². The monoisotopic (exact) mass is 500 g/mol. The third-order valence-corrected chi connectivity index (χ3v) is 5.36. The molecule has 0 atom stereocenters. The summed E-state index contributed by atoms with van der Waals surface area (Å²) < 4.78 is 39.8. The quantitative estimate of drug-likeness (QED) is 0.586. The number of benzene rings is 2. The van der Waals surface area contributed by atoms with E-state index in [1.54, 1.807) is 6.07 Å². The van der Waals surface area contributed by atoms with Gasteiger partial charge in [-0.25, -0.2) is 0 Å². The van der Waals surface area contributed by atoms with E-state index in [0.717, 1.165) is 12.1 Å². The van der Waals surface area contributed by atoms with Crippen LogP contribution in [0.15, 0.2) is 51.8 Å². The number of hydrogen-bond acceptors (Lipinski definition) is 5. The van der Waals surface area contributed by atoms with Crippen molar-refractivity contribution in [2.45, 2.75) is 6.18 Å². The lowest BCUT2D eigenvalue weighted by atomic mass is 10.1. The molecule has 156 valence electrons. The van der Waals surface area contributed by atoms with E-state index in [1.807, 2.05) is 0 Å². The summed E-state index contributed by atoms with van der Waals surface area (Å²) in [4.78, 5) is 37.4. The number of amides is 3.